The van der Waals surface area contributed by atoms with Crippen LogP contribution in [0.3, 0.4) is 0 Å². The summed E-state index contributed by atoms with van der Waals surface area (Å²) < 4.78 is 34.0. The number of unbranched alkanes of at least 4 members (excludes halogenated alkanes) is 1. The smallest absolute Gasteiger partial charge is 0.282 e. The van der Waals surface area contributed by atoms with Crippen LogP contribution in [-0.4, -0.2) is 62.7 Å². The van der Waals surface area contributed by atoms with E-state index in [1.165, 1.54) is 8.61 Å². The van der Waals surface area contributed by atoms with E-state index in [9.17, 15) is 8.42 Å². The van der Waals surface area contributed by atoms with Crippen molar-refractivity contribution in [1.29, 1.82) is 0 Å². The fourth-order valence-corrected chi connectivity index (χ4v) is 3.38. The molecule has 0 saturated heterocycles. The zero-order chi connectivity index (χ0) is 16.8. The Labute approximate surface area is 134 Å². The van der Waals surface area contributed by atoms with Crippen LogP contribution < -0.4 is 0 Å². The summed E-state index contributed by atoms with van der Waals surface area (Å²) in [5.74, 6) is 1.46. The van der Waals surface area contributed by atoms with Gasteiger partial charge in [0.05, 0.1) is 6.54 Å². The fourth-order valence-electron chi connectivity index (χ4n) is 2.02. The first-order valence-corrected chi connectivity index (χ1v) is 9.08. The van der Waals surface area contributed by atoms with Gasteiger partial charge in [0.15, 0.2) is 0 Å². The van der Waals surface area contributed by atoms with Crippen LogP contribution in [0.25, 0.3) is 0 Å². The second-order valence-corrected chi connectivity index (χ2v) is 7.87. The highest BCUT2D eigenvalue weighted by atomic mass is 32.2. The highest BCUT2D eigenvalue weighted by molar-refractivity contribution is 7.86. The lowest BCUT2D eigenvalue weighted by molar-refractivity contribution is 0.291. The van der Waals surface area contributed by atoms with Crippen molar-refractivity contribution < 1.29 is 12.8 Å². The van der Waals surface area contributed by atoms with E-state index in [0.717, 1.165) is 18.6 Å². The SMILES string of the molecule is CCCCN(C)S(=O)(=O)N(CCN(C)C)Cc1ccc(C)o1. The Morgan fingerprint density at radius 3 is 2.27 bits per heavy atom. The number of likely N-dealkylation sites (N-methyl/N-ethyl adjacent to an activating group) is 1. The summed E-state index contributed by atoms with van der Waals surface area (Å²) in [6, 6.07) is 3.69. The van der Waals surface area contributed by atoms with Gasteiger partial charge in [-0.2, -0.15) is 17.0 Å². The van der Waals surface area contributed by atoms with Gasteiger partial charge in [0.25, 0.3) is 10.2 Å². The minimum Gasteiger partial charge on any atom is -0.465 e. The minimum absolute atomic E-state index is 0.264. The Hall–Kier alpha value is -0.890. The van der Waals surface area contributed by atoms with Crippen LogP contribution in [0.5, 0.6) is 0 Å². The number of rotatable bonds is 10. The van der Waals surface area contributed by atoms with E-state index in [1.54, 1.807) is 7.05 Å². The van der Waals surface area contributed by atoms with E-state index in [0.29, 0.717) is 25.4 Å². The van der Waals surface area contributed by atoms with Crippen molar-refractivity contribution >= 4 is 10.2 Å². The van der Waals surface area contributed by atoms with Crippen molar-refractivity contribution in [2.24, 2.45) is 0 Å². The van der Waals surface area contributed by atoms with E-state index < -0.39 is 10.2 Å². The van der Waals surface area contributed by atoms with E-state index in [2.05, 4.69) is 6.92 Å². The van der Waals surface area contributed by atoms with E-state index in [4.69, 9.17) is 4.42 Å². The van der Waals surface area contributed by atoms with Crippen molar-refractivity contribution in [2.45, 2.75) is 33.2 Å². The molecule has 0 aliphatic rings. The summed E-state index contributed by atoms with van der Waals surface area (Å²) >= 11 is 0. The lowest BCUT2D eigenvalue weighted by atomic mass is 10.3. The number of nitrogens with zero attached hydrogens (tertiary/aromatic N) is 3. The quantitative estimate of drug-likeness (QED) is 0.657. The van der Waals surface area contributed by atoms with Gasteiger partial charge in [-0.3, -0.25) is 0 Å². The van der Waals surface area contributed by atoms with Crippen LogP contribution in [-0.2, 0) is 16.8 Å². The number of hydrogen-bond donors (Lipinski definition) is 0. The maximum atomic E-state index is 12.8. The Morgan fingerprint density at radius 2 is 1.77 bits per heavy atom. The minimum atomic E-state index is -3.48. The summed E-state index contributed by atoms with van der Waals surface area (Å²) in [6.07, 6.45) is 1.83. The molecule has 1 aromatic heterocycles. The lowest BCUT2D eigenvalue weighted by Crippen LogP contribution is -2.44. The zero-order valence-corrected chi connectivity index (χ0v) is 15.2. The monoisotopic (exact) mass is 331 g/mol. The van der Waals surface area contributed by atoms with E-state index in [1.807, 2.05) is 38.1 Å². The molecule has 1 rings (SSSR count). The predicted molar refractivity (Wildman–Crippen MR) is 88.9 cm³/mol. The van der Waals surface area contributed by atoms with Crippen LogP contribution >= 0.6 is 0 Å². The molecule has 0 saturated carbocycles. The van der Waals surface area contributed by atoms with Crippen molar-refractivity contribution in [2.75, 3.05) is 40.8 Å². The first kappa shape index (κ1) is 19.2. The fraction of sp³-hybridized carbons (Fsp3) is 0.733. The van der Waals surface area contributed by atoms with E-state index in [-0.39, 0.29) is 6.54 Å². The van der Waals surface area contributed by atoms with Gasteiger partial charge >= 0.3 is 0 Å². The third-order valence-electron chi connectivity index (χ3n) is 3.47. The molecule has 0 N–H and O–H groups in total. The highest BCUT2D eigenvalue weighted by Gasteiger charge is 2.27. The highest BCUT2D eigenvalue weighted by Crippen LogP contribution is 2.15. The molecule has 0 amide bonds. The normalized spacial score (nSPS) is 12.7. The predicted octanol–water partition coefficient (Wildman–Crippen LogP) is 1.93. The molecule has 22 heavy (non-hydrogen) atoms. The molecule has 0 unspecified atom stereocenters. The largest absolute Gasteiger partial charge is 0.465 e. The number of hydrogen-bond acceptors (Lipinski definition) is 4. The second-order valence-electron chi connectivity index (χ2n) is 5.83. The summed E-state index contributed by atoms with van der Waals surface area (Å²) in [6.45, 7) is 5.81. The Bertz CT molecular complexity index is 540. The van der Waals surface area contributed by atoms with Gasteiger partial charge in [-0.05, 0) is 39.6 Å². The number of aryl methyl sites for hydroxylation is 1. The average Bonchev–Trinajstić information content (AvgIpc) is 2.85. The molecule has 0 aromatic carbocycles. The lowest BCUT2D eigenvalue weighted by Gasteiger charge is -2.28. The molecule has 0 atom stereocenters. The zero-order valence-electron chi connectivity index (χ0n) is 14.4. The Balaban J connectivity index is 2.87. The van der Waals surface area contributed by atoms with E-state index >= 15 is 0 Å². The van der Waals surface area contributed by atoms with Gasteiger partial charge in [0.1, 0.15) is 11.5 Å². The molecule has 1 heterocycles. The standard InChI is InChI=1S/C15H29N3O3S/c1-6-7-10-17(5)22(19,20)18(12-11-16(3)4)13-15-9-8-14(2)21-15/h8-9H,6-7,10-13H2,1-5H3. The van der Waals surface area contributed by atoms with Crippen molar-refractivity contribution in [3.63, 3.8) is 0 Å². The van der Waals surface area contributed by atoms with Crippen LogP contribution in [0.2, 0.25) is 0 Å². The first-order valence-electron chi connectivity index (χ1n) is 7.68. The molecule has 0 spiro atoms. The Morgan fingerprint density at radius 1 is 1.09 bits per heavy atom. The topological polar surface area (TPSA) is 57.0 Å². The molecule has 0 aliphatic heterocycles. The van der Waals surface area contributed by atoms with Gasteiger partial charge in [-0.25, -0.2) is 0 Å². The summed E-state index contributed by atoms with van der Waals surface area (Å²) in [5.41, 5.74) is 0. The molecular weight excluding hydrogens is 302 g/mol. The van der Waals surface area contributed by atoms with Crippen molar-refractivity contribution in [1.82, 2.24) is 13.5 Å². The van der Waals surface area contributed by atoms with Gasteiger partial charge in [0, 0.05) is 26.7 Å². The van der Waals surface area contributed by atoms with Crippen LogP contribution in [0.4, 0.5) is 0 Å². The maximum absolute atomic E-state index is 12.8. The molecular formula is C15H29N3O3S. The van der Waals surface area contributed by atoms with Crippen LogP contribution in [0.15, 0.2) is 16.5 Å². The van der Waals surface area contributed by atoms with Crippen LogP contribution in [0.1, 0.15) is 31.3 Å². The third kappa shape index (κ3) is 5.72. The molecule has 6 nitrogen and oxygen atoms in total. The van der Waals surface area contributed by atoms with Crippen LogP contribution in [0, 0.1) is 6.92 Å². The van der Waals surface area contributed by atoms with Gasteiger partial charge < -0.3 is 9.32 Å². The maximum Gasteiger partial charge on any atom is 0.282 e. The molecule has 128 valence electrons. The molecule has 0 radical (unpaired) electrons. The van der Waals surface area contributed by atoms with Gasteiger partial charge in [0.2, 0.25) is 0 Å². The summed E-state index contributed by atoms with van der Waals surface area (Å²) in [7, 11) is 2.03. The molecule has 1 aromatic rings. The van der Waals surface area contributed by atoms with Crippen molar-refractivity contribution in [3.8, 4) is 0 Å². The molecule has 0 fully saturated rings. The number of furan rings is 1. The molecule has 0 bridgehead atoms. The third-order valence-corrected chi connectivity index (χ3v) is 5.41. The summed E-state index contributed by atoms with van der Waals surface area (Å²) in [4.78, 5) is 1.97. The Kier molecular flexibility index (Phi) is 7.55. The first-order chi connectivity index (χ1) is 10.3. The molecule has 0 aliphatic carbocycles. The van der Waals surface area contributed by atoms with Gasteiger partial charge in [-0.1, -0.05) is 13.3 Å². The average molecular weight is 331 g/mol. The van der Waals surface area contributed by atoms with Crippen molar-refractivity contribution in [3.05, 3.63) is 23.7 Å². The summed E-state index contributed by atoms with van der Waals surface area (Å²) in [5, 5.41) is 0. The molecule has 7 heteroatoms. The van der Waals surface area contributed by atoms with Gasteiger partial charge in [-0.15, -0.1) is 0 Å². The second kappa shape index (κ2) is 8.67.